The number of benzene rings is 1. The Morgan fingerprint density at radius 3 is 2.42 bits per heavy atom. The molecular weight excluding hydrogens is 306 g/mol. The SMILES string of the molecule is COC(=O)c1cc(Br)nc(-c2ccc(C)cc2)c1C. The van der Waals surface area contributed by atoms with Crippen LogP contribution in [0, 0.1) is 13.8 Å². The topological polar surface area (TPSA) is 39.2 Å². The van der Waals surface area contributed by atoms with E-state index in [1.165, 1.54) is 12.7 Å². The molecule has 0 N–H and O–H groups in total. The average Bonchev–Trinajstić information content (AvgIpc) is 2.41. The number of carbonyl (C=O) groups is 1. The number of halogens is 1. The highest BCUT2D eigenvalue weighted by Gasteiger charge is 2.15. The fourth-order valence-electron chi connectivity index (χ4n) is 1.89. The van der Waals surface area contributed by atoms with Crippen LogP contribution < -0.4 is 0 Å². The van der Waals surface area contributed by atoms with E-state index in [4.69, 9.17) is 4.74 Å². The summed E-state index contributed by atoms with van der Waals surface area (Å²) in [5.74, 6) is -0.353. The lowest BCUT2D eigenvalue weighted by atomic mass is 10.0. The molecule has 98 valence electrons. The number of methoxy groups -OCH3 is 1. The summed E-state index contributed by atoms with van der Waals surface area (Å²) in [7, 11) is 1.38. The van der Waals surface area contributed by atoms with E-state index in [1.54, 1.807) is 6.07 Å². The predicted octanol–water partition coefficient (Wildman–Crippen LogP) is 3.91. The first-order chi connectivity index (χ1) is 9.02. The molecule has 0 saturated heterocycles. The van der Waals surface area contributed by atoms with Gasteiger partial charge < -0.3 is 4.74 Å². The minimum absolute atomic E-state index is 0.353. The minimum atomic E-state index is -0.353. The van der Waals surface area contributed by atoms with Gasteiger partial charge in [-0.15, -0.1) is 0 Å². The van der Waals surface area contributed by atoms with E-state index in [1.807, 2.05) is 38.1 Å². The molecule has 0 radical (unpaired) electrons. The number of aromatic nitrogens is 1. The molecule has 0 spiro atoms. The number of hydrogen-bond acceptors (Lipinski definition) is 3. The average molecular weight is 320 g/mol. The third kappa shape index (κ3) is 2.84. The first-order valence-electron chi connectivity index (χ1n) is 5.85. The second-order valence-electron chi connectivity index (χ2n) is 4.32. The quantitative estimate of drug-likeness (QED) is 0.622. The highest BCUT2D eigenvalue weighted by Crippen LogP contribution is 2.27. The number of hydrogen-bond donors (Lipinski definition) is 0. The van der Waals surface area contributed by atoms with Gasteiger partial charge in [-0.3, -0.25) is 0 Å². The highest BCUT2D eigenvalue weighted by molar-refractivity contribution is 9.10. The van der Waals surface area contributed by atoms with Gasteiger partial charge in [-0.05, 0) is 41.4 Å². The van der Waals surface area contributed by atoms with Crippen molar-refractivity contribution in [2.45, 2.75) is 13.8 Å². The lowest BCUT2D eigenvalue weighted by Crippen LogP contribution is -2.06. The van der Waals surface area contributed by atoms with E-state index in [0.717, 1.165) is 16.8 Å². The van der Waals surface area contributed by atoms with Gasteiger partial charge in [0.15, 0.2) is 0 Å². The summed E-state index contributed by atoms with van der Waals surface area (Å²) in [5, 5.41) is 0. The smallest absolute Gasteiger partial charge is 0.338 e. The molecule has 0 atom stereocenters. The van der Waals surface area contributed by atoms with Gasteiger partial charge in [-0.25, -0.2) is 9.78 Å². The Labute approximate surface area is 120 Å². The molecule has 4 heteroatoms. The molecule has 1 aromatic heterocycles. The largest absolute Gasteiger partial charge is 0.465 e. The molecule has 1 heterocycles. The third-order valence-corrected chi connectivity index (χ3v) is 3.38. The second-order valence-corrected chi connectivity index (χ2v) is 5.14. The lowest BCUT2D eigenvalue weighted by molar-refractivity contribution is 0.0599. The molecule has 2 rings (SSSR count). The van der Waals surface area contributed by atoms with E-state index in [9.17, 15) is 4.79 Å². The van der Waals surface area contributed by atoms with Crippen molar-refractivity contribution in [2.75, 3.05) is 7.11 Å². The van der Waals surface area contributed by atoms with E-state index in [0.29, 0.717) is 10.2 Å². The van der Waals surface area contributed by atoms with Crippen LogP contribution in [0.25, 0.3) is 11.3 Å². The molecule has 2 aromatic rings. The maximum absolute atomic E-state index is 11.8. The van der Waals surface area contributed by atoms with Crippen LogP contribution in [-0.2, 0) is 4.74 Å². The molecular formula is C15H14BrNO2. The number of aryl methyl sites for hydroxylation is 1. The molecule has 0 bridgehead atoms. The van der Waals surface area contributed by atoms with Crippen LogP contribution in [-0.4, -0.2) is 18.1 Å². The summed E-state index contributed by atoms with van der Waals surface area (Å²) in [6.45, 7) is 3.91. The van der Waals surface area contributed by atoms with Gasteiger partial charge in [0.1, 0.15) is 4.60 Å². The molecule has 0 amide bonds. The fourth-order valence-corrected chi connectivity index (χ4v) is 2.30. The Hall–Kier alpha value is -1.68. The first kappa shape index (κ1) is 13.7. The Balaban J connectivity index is 2.60. The normalized spacial score (nSPS) is 10.3. The van der Waals surface area contributed by atoms with Gasteiger partial charge in [0.25, 0.3) is 0 Å². The van der Waals surface area contributed by atoms with Crippen molar-refractivity contribution < 1.29 is 9.53 Å². The van der Waals surface area contributed by atoms with E-state index in [-0.39, 0.29) is 5.97 Å². The van der Waals surface area contributed by atoms with Gasteiger partial charge in [0.05, 0.1) is 18.4 Å². The van der Waals surface area contributed by atoms with Crippen LogP contribution in [0.1, 0.15) is 21.5 Å². The number of ether oxygens (including phenoxy) is 1. The zero-order valence-corrected chi connectivity index (χ0v) is 12.6. The molecule has 0 aliphatic rings. The van der Waals surface area contributed by atoms with Crippen LogP contribution in [0.4, 0.5) is 0 Å². The number of nitrogens with zero attached hydrogens (tertiary/aromatic N) is 1. The van der Waals surface area contributed by atoms with Crippen LogP contribution in [0.2, 0.25) is 0 Å². The van der Waals surface area contributed by atoms with Crippen molar-refractivity contribution in [3.8, 4) is 11.3 Å². The van der Waals surface area contributed by atoms with E-state index >= 15 is 0 Å². The van der Waals surface area contributed by atoms with Gasteiger partial charge in [-0.1, -0.05) is 29.8 Å². The number of rotatable bonds is 2. The minimum Gasteiger partial charge on any atom is -0.465 e. The third-order valence-electron chi connectivity index (χ3n) is 2.97. The molecule has 0 saturated carbocycles. The highest BCUT2D eigenvalue weighted by atomic mass is 79.9. The number of carbonyl (C=O) groups excluding carboxylic acids is 1. The van der Waals surface area contributed by atoms with Crippen LogP contribution >= 0.6 is 15.9 Å². The van der Waals surface area contributed by atoms with Crippen molar-refractivity contribution in [1.82, 2.24) is 4.98 Å². The van der Waals surface area contributed by atoms with Crippen LogP contribution in [0.15, 0.2) is 34.9 Å². The van der Waals surface area contributed by atoms with E-state index in [2.05, 4.69) is 20.9 Å². The van der Waals surface area contributed by atoms with Crippen molar-refractivity contribution in [2.24, 2.45) is 0 Å². The standard InChI is InChI=1S/C15H14BrNO2/c1-9-4-6-11(7-5-9)14-10(2)12(15(18)19-3)8-13(16)17-14/h4-8H,1-3H3. The molecule has 3 nitrogen and oxygen atoms in total. The van der Waals surface area contributed by atoms with Gasteiger partial charge in [-0.2, -0.15) is 0 Å². The van der Waals surface area contributed by atoms with Crippen LogP contribution in [0.5, 0.6) is 0 Å². The first-order valence-corrected chi connectivity index (χ1v) is 6.64. The zero-order chi connectivity index (χ0) is 14.0. The summed E-state index contributed by atoms with van der Waals surface area (Å²) in [6, 6.07) is 9.72. The molecule has 19 heavy (non-hydrogen) atoms. The summed E-state index contributed by atoms with van der Waals surface area (Å²) in [6.07, 6.45) is 0. The van der Waals surface area contributed by atoms with Crippen molar-refractivity contribution in [3.05, 3.63) is 51.6 Å². The van der Waals surface area contributed by atoms with Gasteiger partial charge in [0.2, 0.25) is 0 Å². The summed E-state index contributed by atoms with van der Waals surface area (Å²) in [5.41, 5.74) is 4.30. The van der Waals surface area contributed by atoms with Crippen molar-refractivity contribution >= 4 is 21.9 Å². The van der Waals surface area contributed by atoms with Crippen molar-refractivity contribution in [1.29, 1.82) is 0 Å². The van der Waals surface area contributed by atoms with Gasteiger partial charge >= 0.3 is 5.97 Å². The Bertz CT molecular complexity index is 621. The Kier molecular flexibility index (Phi) is 4.00. The fraction of sp³-hybridized carbons (Fsp3) is 0.200. The van der Waals surface area contributed by atoms with Crippen molar-refractivity contribution in [3.63, 3.8) is 0 Å². The van der Waals surface area contributed by atoms with E-state index < -0.39 is 0 Å². The maximum Gasteiger partial charge on any atom is 0.338 e. The summed E-state index contributed by atoms with van der Waals surface area (Å²) < 4.78 is 5.41. The molecule has 0 aliphatic carbocycles. The maximum atomic E-state index is 11.8. The summed E-state index contributed by atoms with van der Waals surface area (Å²) >= 11 is 3.34. The van der Waals surface area contributed by atoms with Gasteiger partial charge in [0, 0.05) is 5.56 Å². The summed E-state index contributed by atoms with van der Waals surface area (Å²) in [4.78, 5) is 16.2. The molecule has 0 fully saturated rings. The lowest BCUT2D eigenvalue weighted by Gasteiger charge is -2.10. The second kappa shape index (κ2) is 5.53. The van der Waals surface area contributed by atoms with Crippen LogP contribution in [0.3, 0.4) is 0 Å². The molecule has 0 unspecified atom stereocenters. The zero-order valence-electron chi connectivity index (χ0n) is 11.0. The monoisotopic (exact) mass is 319 g/mol. The molecule has 0 aliphatic heterocycles. The number of esters is 1. The number of pyridine rings is 1. The predicted molar refractivity (Wildman–Crippen MR) is 78.2 cm³/mol. The Morgan fingerprint density at radius 2 is 1.84 bits per heavy atom. The molecule has 1 aromatic carbocycles. The Morgan fingerprint density at radius 1 is 1.21 bits per heavy atom.